The number of carbonyl (C=O) groups excluding carboxylic acids is 1. The van der Waals surface area contributed by atoms with Gasteiger partial charge < -0.3 is 15.7 Å². The van der Waals surface area contributed by atoms with Crippen molar-refractivity contribution in [2.45, 2.75) is 31.8 Å². The van der Waals surface area contributed by atoms with E-state index >= 15 is 0 Å². The lowest BCUT2D eigenvalue weighted by Crippen LogP contribution is -2.22. The lowest BCUT2D eigenvalue weighted by atomic mass is 9.97. The Morgan fingerprint density at radius 2 is 2.21 bits per heavy atom. The topological polar surface area (TPSA) is 115 Å². The molecule has 0 amide bonds. The fourth-order valence-corrected chi connectivity index (χ4v) is 2.29. The lowest BCUT2D eigenvalue weighted by molar-refractivity contribution is -0.130. The molecule has 0 spiro atoms. The molecule has 0 aromatic carbocycles. The van der Waals surface area contributed by atoms with Gasteiger partial charge in [0.1, 0.15) is 17.6 Å². The zero-order valence-corrected chi connectivity index (χ0v) is 10.9. The van der Waals surface area contributed by atoms with E-state index in [4.69, 9.17) is 15.7 Å². The van der Waals surface area contributed by atoms with Crippen LogP contribution in [0.25, 0.3) is 0 Å². The molecular formula is C11H13N3O4S. The van der Waals surface area contributed by atoms with Crippen LogP contribution in [-0.4, -0.2) is 33.7 Å². The van der Waals surface area contributed by atoms with Gasteiger partial charge in [0.15, 0.2) is 5.13 Å². The summed E-state index contributed by atoms with van der Waals surface area (Å²) in [5.74, 6) is -1.02. The molecule has 1 fully saturated rings. The molecule has 19 heavy (non-hydrogen) atoms. The molecule has 0 bridgehead atoms. The number of carboxylic acids is 1. The molecule has 1 aromatic rings. The number of hydrogen-bond acceptors (Lipinski definition) is 7. The van der Waals surface area contributed by atoms with Crippen molar-refractivity contribution in [1.82, 2.24) is 4.98 Å². The Kier molecular flexibility index (Phi) is 4.10. The van der Waals surface area contributed by atoms with Crippen molar-refractivity contribution in [3.63, 3.8) is 0 Å². The monoisotopic (exact) mass is 283 g/mol. The number of anilines is 1. The minimum atomic E-state index is -1.22. The van der Waals surface area contributed by atoms with Crippen LogP contribution in [0.4, 0.5) is 5.13 Å². The number of aliphatic carboxylic acids is 1. The van der Waals surface area contributed by atoms with Crippen LogP contribution in [0, 0.1) is 0 Å². The highest BCUT2D eigenvalue weighted by molar-refractivity contribution is 7.13. The third-order valence-corrected chi connectivity index (χ3v) is 3.42. The maximum absolute atomic E-state index is 11.1. The van der Waals surface area contributed by atoms with Gasteiger partial charge in [0.2, 0.25) is 5.71 Å². The number of rotatable bonds is 4. The minimum Gasteiger partial charge on any atom is -0.476 e. The van der Waals surface area contributed by atoms with Crippen molar-refractivity contribution in [2.24, 2.45) is 5.16 Å². The smallest absolute Gasteiger partial charge is 0.360 e. The van der Waals surface area contributed by atoms with E-state index in [2.05, 4.69) is 10.1 Å². The standard InChI is InChI=1S/C11H13N3O4S/c12-11-13-8(5-19-11)9(10(16)17)14-18-7-3-1-6(15)2-4-7/h5,7H,1-4H2,(H2,12,13)(H,16,17). The highest BCUT2D eigenvalue weighted by Crippen LogP contribution is 2.19. The van der Waals surface area contributed by atoms with E-state index in [1.54, 1.807) is 0 Å². The van der Waals surface area contributed by atoms with E-state index in [-0.39, 0.29) is 28.4 Å². The van der Waals surface area contributed by atoms with Crippen LogP contribution in [0.1, 0.15) is 31.4 Å². The van der Waals surface area contributed by atoms with Gasteiger partial charge in [0, 0.05) is 18.2 Å². The quantitative estimate of drug-likeness (QED) is 0.630. The Balaban J connectivity index is 2.05. The van der Waals surface area contributed by atoms with Gasteiger partial charge in [-0.05, 0) is 12.8 Å². The summed E-state index contributed by atoms with van der Waals surface area (Å²) in [4.78, 5) is 31.2. The van der Waals surface area contributed by atoms with Gasteiger partial charge in [-0.1, -0.05) is 5.16 Å². The summed E-state index contributed by atoms with van der Waals surface area (Å²) in [5, 5.41) is 14.5. The van der Waals surface area contributed by atoms with E-state index in [1.165, 1.54) is 5.38 Å². The van der Waals surface area contributed by atoms with Crippen LogP contribution in [0.3, 0.4) is 0 Å². The number of hydrogen-bond donors (Lipinski definition) is 2. The fourth-order valence-electron chi connectivity index (χ4n) is 1.74. The first-order valence-corrected chi connectivity index (χ1v) is 6.64. The van der Waals surface area contributed by atoms with Crippen molar-refractivity contribution in [1.29, 1.82) is 0 Å². The maximum Gasteiger partial charge on any atom is 0.360 e. The van der Waals surface area contributed by atoms with Gasteiger partial charge in [-0.2, -0.15) is 0 Å². The van der Waals surface area contributed by atoms with Crippen LogP contribution in [-0.2, 0) is 14.4 Å². The predicted octanol–water partition coefficient (Wildman–Crippen LogP) is 1.04. The number of nitrogen functional groups attached to an aromatic ring is 1. The van der Waals surface area contributed by atoms with Gasteiger partial charge in [-0.25, -0.2) is 9.78 Å². The summed E-state index contributed by atoms with van der Waals surface area (Å²) in [6, 6.07) is 0. The van der Waals surface area contributed by atoms with Crippen LogP contribution >= 0.6 is 11.3 Å². The molecule has 102 valence electrons. The van der Waals surface area contributed by atoms with Crippen molar-refractivity contribution in [3.05, 3.63) is 11.1 Å². The largest absolute Gasteiger partial charge is 0.476 e. The molecule has 0 radical (unpaired) electrons. The highest BCUT2D eigenvalue weighted by atomic mass is 32.1. The average molecular weight is 283 g/mol. The van der Waals surface area contributed by atoms with Gasteiger partial charge in [0.25, 0.3) is 0 Å². The number of nitrogens with zero attached hydrogens (tertiary/aromatic N) is 2. The van der Waals surface area contributed by atoms with Crippen molar-refractivity contribution in [2.75, 3.05) is 5.73 Å². The van der Waals surface area contributed by atoms with E-state index < -0.39 is 5.97 Å². The molecule has 1 aliphatic carbocycles. The first kappa shape index (κ1) is 13.5. The van der Waals surface area contributed by atoms with Crippen LogP contribution in [0.2, 0.25) is 0 Å². The van der Waals surface area contributed by atoms with Gasteiger partial charge in [-0.15, -0.1) is 11.3 Å². The van der Waals surface area contributed by atoms with Crippen molar-refractivity contribution >= 4 is 33.9 Å². The number of carboxylic acid groups (broad SMARTS) is 1. The second kappa shape index (κ2) is 5.79. The molecular weight excluding hydrogens is 270 g/mol. The molecule has 2 rings (SSSR count). The third-order valence-electron chi connectivity index (χ3n) is 2.75. The molecule has 0 aliphatic heterocycles. The maximum atomic E-state index is 11.1. The lowest BCUT2D eigenvalue weighted by Gasteiger charge is -2.18. The summed E-state index contributed by atoms with van der Waals surface area (Å²) < 4.78 is 0. The Morgan fingerprint density at radius 1 is 1.53 bits per heavy atom. The number of thiazole rings is 1. The molecule has 1 aliphatic rings. The molecule has 0 unspecified atom stereocenters. The number of aromatic nitrogens is 1. The Bertz CT molecular complexity index is 516. The van der Waals surface area contributed by atoms with Gasteiger partial charge in [-0.3, -0.25) is 4.79 Å². The summed E-state index contributed by atoms with van der Waals surface area (Å²) in [5.41, 5.74) is 5.36. The zero-order valence-electron chi connectivity index (χ0n) is 10.0. The Labute approximate surface area is 113 Å². The van der Waals surface area contributed by atoms with E-state index in [0.717, 1.165) is 11.3 Å². The Morgan fingerprint density at radius 3 is 2.74 bits per heavy atom. The molecule has 1 saturated carbocycles. The van der Waals surface area contributed by atoms with Crippen molar-refractivity contribution < 1.29 is 19.5 Å². The second-order valence-electron chi connectivity index (χ2n) is 4.16. The molecule has 8 heteroatoms. The van der Waals surface area contributed by atoms with Crippen LogP contribution < -0.4 is 5.73 Å². The molecule has 0 saturated heterocycles. The minimum absolute atomic E-state index is 0.182. The van der Waals surface area contributed by atoms with Gasteiger partial charge >= 0.3 is 5.97 Å². The van der Waals surface area contributed by atoms with Gasteiger partial charge in [0.05, 0.1) is 0 Å². The SMILES string of the molecule is Nc1nc(C(=NOC2CCC(=O)CC2)C(=O)O)cs1. The number of Topliss-reactive ketones (excluding diaryl/α,β-unsaturated/α-hetero) is 1. The fraction of sp³-hybridized carbons (Fsp3) is 0.455. The zero-order chi connectivity index (χ0) is 13.8. The number of ketones is 1. The summed E-state index contributed by atoms with van der Waals surface area (Å²) >= 11 is 1.13. The predicted molar refractivity (Wildman–Crippen MR) is 69.0 cm³/mol. The number of nitrogens with two attached hydrogens (primary N) is 1. The third kappa shape index (κ3) is 3.50. The van der Waals surface area contributed by atoms with Crippen molar-refractivity contribution in [3.8, 4) is 0 Å². The highest BCUT2D eigenvalue weighted by Gasteiger charge is 2.22. The summed E-state index contributed by atoms with van der Waals surface area (Å²) in [6.45, 7) is 0. The molecule has 1 aromatic heterocycles. The summed E-state index contributed by atoms with van der Waals surface area (Å²) in [7, 11) is 0. The Hall–Kier alpha value is -1.96. The number of carbonyl (C=O) groups is 2. The molecule has 1 heterocycles. The van der Waals surface area contributed by atoms with E-state index in [0.29, 0.717) is 25.7 Å². The average Bonchev–Trinajstić information content (AvgIpc) is 2.78. The number of oxime groups is 1. The molecule has 0 atom stereocenters. The summed E-state index contributed by atoms with van der Waals surface area (Å²) in [6.07, 6.45) is 1.81. The van der Waals surface area contributed by atoms with E-state index in [1.807, 2.05) is 0 Å². The second-order valence-corrected chi connectivity index (χ2v) is 5.05. The normalized spacial score (nSPS) is 17.5. The van der Waals surface area contributed by atoms with Crippen LogP contribution in [0.15, 0.2) is 10.5 Å². The van der Waals surface area contributed by atoms with E-state index in [9.17, 15) is 9.59 Å². The molecule has 3 N–H and O–H groups in total. The first-order chi connectivity index (χ1) is 9.06. The first-order valence-electron chi connectivity index (χ1n) is 5.76. The molecule has 7 nitrogen and oxygen atoms in total. The van der Waals surface area contributed by atoms with Crippen LogP contribution in [0.5, 0.6) is 0 Å².